The second-order valence-electron chi connectivity index (χ2n) is 7.58. The molecule has 0 bridgehead atoms. The molecule has 2 aromatic carbocycles. The summed E-state index contributed by atoms with van der Waals surface area (Å²) in [6.45, 7) is -0.00546. The number of nitrogens with one attached hydrogen (secondary N) is 1. The first-order chi connectivity index (χ1) is 15.7. The summed E-state index contributed by atoms with van der Waals surface area (Å²) in [6.07, 6.45) is 1.95. The molecule has 1 unspecified atom stereocenters. The monoisotopic (exact) mass is 492 g/mol. The maximum absolute atomic E-state index is 13.1. The van der Waals surface area contributed by atoms with Gasteiger partial charge in [-0.3, -0.25) is 24.3 Å². The summed E-state index contributed by atoms with van der Waals surface area (Å²) in [5.74, 6) is -1.62. The quantitative estimate of drug-likeness (QED) is 0.425. The molecule has 0 spiro atoms. The van der Waals surface area contributed by atoms with Gasteiger partial charge in [0.15, 0.2) is 5.58 Å². The molecule has 1 N–H and O–H groups in total. The van der Waals surface area contributed by atoms with Crippen molar-refractivity contribution in [1.29, 1.82) is 0 Å². The van der Waals surface area contributed by atoms with Crippen LogP contribution in [0, 0.1) is 10.1 Å². The number of halogens is 2. The lowest BCUT2D eigenvalue weighted by Crippen LogP contribution is -2.51. The standard InChI is InChI=1S/C21H18Cl2N4O6/c22-14-6-4-12(9-15(14)23)24-20(29)17-3-1-2-8-25(17)19(28)11-26-16-7-5-13(27(31)32)10-18(16)33-21(26)30/h4-7,9-10,17H,1-3,8,11H2,(H,24,29). The summed E-state index contributed by atoms with van der Waals surface area (Å²) in [6, 6.07) is 7.68. The minimum absolute atomic E-state index is 0.00885. The highest BCUT2D eigenvalue weighted by atomic mass is 35.5. The molecule has 0 saturated carbocycles. The second kappa shape index (κ2) is 9.24. The molecule has 172 valence electrons. The third-order valence-corrected chi connectivity index (χ3v) is 6.21. The van der Waals surface area contributed by atoms with Crippen LogP contribution in [-0.4, -0.2) is 38.8 Å². The van der Waals surface area contributed by atoms with Gasteiger partial charge in [0.1, 0.15) is 12.6 Å². The normalized spacial score (nSPS) is 16.1. The molecule has 4 rings (SSSR count). The molecule has 0 radical (unpaired) electrons. The van der Waals surface area contributed by atoms with E-state index in [0.29, 0.717) is 23.7 Å². The number of non-ortho nitro benzene ring substituents is 1. The number of fused-ring (bicyclic) bond motifs is 1. The molecule has 1 saturated heterocycles. The number of nitro groups is 1. The number of rotatable bonds is 5. The average Bonchev–Trinajstić information content (AvgIpc) is 3.10. The zero-order valence-corrected chi connectivity index (χ0v) is 18.6. The molecule has 3 aromatic rings. The Morgan fingerprint density at radius 2 is 1.94 bits per heavy atom. The maximum Gasteiger partial charge on any atom is 0.420 e. The van der Waals surface area contributed by atoms with E-state index in [1.54, 1.807) is 12.1 Å². The number of benzene rings is 2. The molecule has 1 aromatic heterocycles. The Kier molecular flexibility index (Phi) is 6.39. The number of anilines is 1. The third-order valence-electron chi connectivity index (χ3n) is 5.47. The number of carbonyl (C=O) groups is 2. The average molecular weight is 493 g/mol. The molecule has 2 amide bonds. The van der Waals surface area contributed by atoms with Crippen LogP contribution in [-0.2, 0) is 16.1 Å². The molecule has 12 heteroatoms. The highest BCUT2D eigenvalue weighted by Gasteiger charge is 2.33. The molecule has 1 fully saturated rings. The molecular weight excluding hydrogens is 475 g/mol. The lowest BCUT2D eigenvalue weighted by Gasteiger charge is -2.34. The summed E-state index contributed by atoms with van der Waals surface area (Å²) in [5.41, 5.74) is 0.484. The summed E-state index contributed by atoms with van der Waals surface area (Å²) >= 11 is 11.9. The smallest absolute Gasteiger partial charge is 0.407 e. The number of nitrogens with zero attached hydrogens (tertiary/aromatic N) is 3. The molecule has 1 aliphatic rings. The van der Waals surface area contributed by atoms with Crippen LogP contribution in [0.2, 0.25) is 10.0 Å². The number of aromatic nitrogens is 1. The van der Waals surface area contributed by atoms with Crippen molar-refractivity contribution in [2.75, 3.05) is 11.9 Å². The lowest BCUT2D eigenvalue weighted by atomic mass is 10.0. The lowest BCUT2D eigenvalue weighted by molar-refractivity contribution is -0.384. The van der Waals surface area contributed by atoms with E-state index in [-0.39, 0.29) is 34.3 Å². The fourth-order valence-corrected chi connectivity index (χ4v) is 4.14. The first kappa shape index (κ1) is 22.8. The number of carbonyl (C=O) groups excluding carboxylic acids is 2. The maximum atomic E-state index is 13.1. The minimum Gasteiger partial charge on any atom is -0.407 e. The van der Waals surface area contributed by atoms with Crippen LogP contribution in [0.1, 0.15) is 19.3 Å². The van der Waals surface area contributed by atoms with Crippen LogP contribution >= 0.6 is 23.2 Å². The molecular formula is C21H18Cl2N4O6. The van der Waals surface area contributed by atoms with Gasteiger partial charge < -0.3 is 14.6 Å². The number of oxazole rings is 1. The summed E-state index contributed by atoms with van der Waals surface area (Å²) in [7, 11) is 0. The SMILES string of the molecule is O=C(Nc1ccc(Cl)c(Cl)c1)C1CCCCN1C(=O)Cn1c(=O)oc2cc([N+](=O)[O-])ccc21. The van der Waals surface area contributed by atoms with Gasteiger partial charge in [-0.1, -0.05) is 23.2 Å². The number of nitro benzene ring substituents is 1. The first-order valence-corrected chi connectivity index (χ1v) is 10.8. The molecule has 1 aliphatic heterocycles. The number of likely N-dealkylation sites (tertiary alicyclic amines) is 1. The third kappa shape index (κ3) is 4.71. The van der Waals surface area contributed by atoms with E-state index in [0.717, 1.165) is 23.5 Å². The van der Waals surface area contributed by atoms with Crippen LogP contribution in [0.25, 0.3) is 11.1 Å². The van der Waals surface area contributed by atoms with Gasteiger partial charge in [0, 0.05) is 18.3 Å². The van der Waals surface area contributed by atoms with E-state index in [2.05, 4.69) is 5.32 Å². The molecule has 2 heterocycles. The Morgan fingerprint density at radius 1 is 1.15 bits per heavy atom. The largest absolute Gasteiger partial charge is 0.420 e. The highest BCUT2D eigenvalue weighted by molar-refractivity contribution is 6.42. The minimum atomic E-state index is -0.812. The van der Waals surface area contributed by atoms with Crippen molar-refractivity contribution in [3.05, 3.63) is 67.1 Å². The zero-order valence-electron chi connectivity index (χ0n) is 17.1. The molecule has 33 heavy (non-hydrogen) atoms. The summed E-state index contributed by atoms with van der Waals surface area (Å²) in [5, 5.41) is 14.4. The van der Waals surface area contributed by atoms with Gasteiger partial charge in [-0.2, -0.15) is 0 Å². The van der Waals surface area contributed by atoms with Crippen molar-refractivity contribution < 1.29 is 18.9 Å². The van der Waals surface area contributed by atoms with E-state index < -0.39 is 22.6 Å². The van der Waals surface area contributed by atoms with Gasteiger partial charge in [0.05, 0.1) is 26.6 Å². The number of hydrogen-bond donors (Lipinski definition) is 1. The molecule has 1 atom stereocenters. The number of hydrogen-bond acceptors (Lipinski definition) is 6. The van der Waals surface area contributed by atoms with E-state index in [4.69, 9.17) is 27.6 Å². The van der Waals surface area contributed by atoms with Crippen LogP contribution in [0.4, 0.5) is 11.4 Å². The predicted octanol–water partition coefficient (Wildman–Crippen LogP) is 3.83. The van der Waals surface area contributed by atoms with Gasteiger partial charge in [0.25, 0.3) is 5.69 Å². The topological polar surface area (TPSA) is 128 Å². The van der Waals surface area contributed by atoms with Crippen LogP contribution in [0.3, 0.4) is 0 Å². The first-order valence-electron chi connectivity index (χ1n) is 10.1. The van der Waals surface area contributed by atoms with E-state index in [1.165, 1.54) is 23.1 Å². The predicted molar refractivity (Wildman–Crippen MR) is 122 cm³/mol. The van der Waals surface area contributed by atoms with Crippen LogP contribution in [0.15, 0.2) is 45.6 Å². The van der Waals surface area contributed by atoms with Gasteiger partial charge in [-0.25, -0.2) is 4.79 Å². The van der Waals surface area contributed by atoms with E-state index >= 15 is 0 Å². The summed E-state index contributed by atoms with van der Waals surface area (Å²) < 4.78 is 6.18. The Morgan fingerprint density at radius 3 is 2.67 bits per heavy atom. The van der Waals surface area contributed by atoms with Crippen molar-refractivity contribution >= 4 is 57.5 Å². The van der Waals surface area contributed by atoms with Crippen molar-refractivity contribution in [3.8, 4) is 0 Å². The van der Waals surface area contributed by atoms with Crippen molar-refractivity contribution in [2.24, 2.45) is 0 Å². The Labute approximate surface area is 196 Å². The Bertz CT molecular complexity index is 1320. The van der Waals surface area contributed by atoms with Gasteiger partial charge >= 0.3 is 5.76 Å². The second-order valence-corrected chi connectivity index (χ2v) is 8.39. The van der Waals surface area contributed by atoms with Crippen LogP contribution in [0.5, 0.6) is 0 Å². The molecule has 10 nitrogen and oxygen atoms in total. The van der Waals surface area contributed by atoms with Crippen molar-refractivity contribution in [3.63, 3.8) is 0 Å². The van der Waals surface area contributed by atoms with Crippen molar-refractivity contribution in [2.45, 2.75) is 31.8 Å². The Hall–Kier alpha value is -3.37. The fourth-order valence-electron chi connectivity index (χ4n) is 3.85. The van der Waals surface area contributed by atoms with E-state index in [9.17, 15) is 24.5 Å². The number of piperidine rings is 1. The van der Waals surface area contributed by atoms with Crippen LogP contribution < -0.4 is 11.1 Å². The van der Waals surface area contributed by atoms with Crippen molar-refractivity contribution in [1.82, 2.24) is 9.47 Å². The highest BCUT2D eigenvalue weighted by Crippen LogP contribution is 2.26. The van der Waals surface area contributed by atoms with E-state index in [1.807, 2.05) is 0 Å². The number of amides is 2. The van der Waals surface area contributed by atoms with Gasteiger partial charge in [-0.05, 0) is 43.5 Å². The molecule has 0 aliphatic carbocycles. The van der Waals surface area contributed by atoms with Gasteiger partial charge in [-0.15, -0.1) is 0 Å². The summed E-state index contributed by atoms with van der Waals surface area (Å²) in [4.78, 5) is 50.1. The van der Waals surface area contributed by atoms with Gasteiger partial charge in [0.2, 0.25) is 11.8 Å². The Balaban J connectivity index is 1.54. The zero-order chi connectivity index (χ0) is 23.7. The fraction of sp³-hybridized carbons (Fsp3) is 0.286.